The molecule has 0 aromatic heterocycles. The number of hydrogen-bond acceptors (Lipinski definition) is 4. The highest BCUT2D eigenvalue weighted by Crippen LogP contribution is 2.31. The second-order valence-electron chi connectivity index (χ2n) is 6.27. The first-order valence-corrected chi connectivity index (χ1v) is 7.35. The maximum absolute atomic E-state index is 11.4. The Bertz CT molecular complexity index is 291. The summed E-state index contributed by atoms with van der Waals surface area (Å²) < 4.78 is 10.6. The van der Waals surface area contributed by atoms with Crippen molar-refractivity contribution in [2.24, 2.45) is 17.6 Å². The highest BCUT2D eigenvalue weighted by molar-refractivity contribution is 5.79. The van der Waals surface area contributed by atoms with Crippen LogP contribution >= 0.6 is 0 Å². The highest BCUT2D eigenvalue weighted by atomic mass is 16.5. The van der Waals surface area contributed by atoms with Crippen LogP contribution in [0.5, 0.6) is 0 Å². The smallest absolute Gasteiger partial charge is 0.325 e. The van der Waals surface area contributed by atoms with Gasteiger partial charge in [-0.25, -0.2) is 0 Å². The fraction of sp³-hybridized carbons (Fsp3) is 0.933. The maximum Gasteiger partial charge on any atom is 0.325 e. The quantitative estimate of drug-likeness (QED) is 0.595. The van der Waals surface area contributed by atoms with E-state index >= 15 is 0 Å². The van der Waals surface area contributed by atoms with Gasteiger partial charge in [0.25, 0.3) is 0 Å². The van der Waals surface area contributed by atoms with Crippen molar-refractivity contribution in [1.82, 2.24) is 0 Å². The first-order valence-electron chi connectivity index (χ1n) is 7.35. The van der Waals surface area contributed by atoms with Gasteiger partial charge in [0.1, 0.15) is 5.54 Å². The number of rotatable bonds is 6. The van der Waals surface area contributed by atoms with Crippen molar-refractivity contribution in [3.63, 3.8) is 0 Å². The topological polar surface area (TPSA) is 61.5 Å². The first kappa shape index (κ1) is 16.4. The van der Waals surface area contributed by atoms with E-state index in [0.29, 0.717) is 19.1 Å². The lowest BCUT2D eigenvalue weighted by Crippen LogP contribution is -2.45. The van der Waals surface area contributed by atoms with Crippen molar-refractivity contribution < 1.29 is 14.3 Å². The molecule has 1 fully saturated rings. The Morgan fingerprint density at radius 1 is 1.32 bits per heavy atom. The summed E-state index contributed by atoms with van der Waals surface area (Å²) in [4.78, 5) is 11.4. The summed E-state index contributed by atoms with van der Waals surface area (Å²) >= 11 is 0. The Morgan fingerprint density at radius 2 is 2.00 bits per heavy atom. The van der Waals surface area contributed by atoms with E-state index < -0.39 is 5.54 Å². The number of methoxy groups -OCH3 is 1. The molecular formula is C15H29NO3. The van der Waals surface area contributed by atoms with E-state index in [1.54, 1.807) is 6.92 Å². The second kappa shape index (κ2) is 7.25. The molecule has 0 radical (unpaired) electrons. The summed E-state index contributed by atoms with van der Waals surface area (Å²) in [5.74, 6) is 1.20. The van der Waals surface area contributed by atoms with E-state index in [0.717, 1.165) is 31.1 Å². The zero-order chi connectivity index (χ0) is 14.5. The fourth-order valence-corrected chi connectivity index (χ4v) is 2.67. The number of hydrogen-bond donors (Lipinski definition) is 1. The minimum absolute atomic E-state index is 0.354. The van der Waals surface area contributed by atoms with Crippen LogP contribution in [0.25, 0.3) is 0 Å². The molecule has 0 bridgehead atoms. The molecule has 1 aliphatic carbocycles. The van der Waals surface area contributed by atoms with Gasteiger partial charge < -0.3 is 15.2 Å². The lowest BCUT2D eigenvalue weighted by Gasteiger charge is -2.32. The lowest BCUT2D eigenvalue weighted by molar-refractivity contribution is -0.146. The van der Waals surface area contributed by atoms with Gasteiger partial charge in [0.2, 0.25) is 0 Å². The summed E-state index contributed by atoms with van der Waals surface area (Å²) in [6.45, 7) is 7.00. The van der Waals surface area contributed by atoms with Crippen LogP contribution in [0.1, 0.15) is 52.9 Å². The van der Waals surface area contributed by atoms with E-state index in [2.05, 4.69) is 18.6 Å². The Labute approximate surface area is 117 Å². The average molecular weight is 271 g/mol. The Morgan fingerprint density at radius 3 is 2.58 bits per heavy atom. The van der Waals surface area contributed by atoms with Gasteiger partial charge in [-0.1, -0.05) is 13.8 Å². The van der Waals surface area contributed by atoms with Crippen molar-refractivity contribution in [3.8, 4) is 0 Å². The third-order valence-electron chi connectivity index (χ3n) is 4.40. The van der Waals surface area contributed by atoms with Crippen molar-refractivity contribution in [3.05, 3.63) is 0 Å². The van der Waals surface area contributed by atoms with E-state index in [-0.39, 0.29) is 5.97 Å². The molecule has 1 saturated carbocycles. The summed E-state index contributed by atoms with van der Waals surface area (Å²) in [5.41, 5.74) is 5.00. The van der Waals surface area contributed by atoms with E-state index in [1.807, 2.05) is 0 Å². The molecule has 4 atom stereocenters. The Kier molecular flexibility index (Phi) is 6.27. The predicted molar refractivity (Wildman–Crippen MR) is 75.8 cm³/mol. The Balaban J connectivity index is 2.19. The molecule has 0 saturated heterocycles. The van der Waals surface area contributed by atoms with Gasteiger partial charge in [-0.2, -0.15) is 0 Å². The molecule has 2 N–H and O–H groups in total. The summed E-state index contributed by atoms with van der Waals surface area (Å²) in [6, 6.07) is 0. The molecule has 4 unspecified atom stereocenters. The molecule has 0 aliphatic heterocycles. The summed E-state index contributed by atoms with van der Waals surface area (Å²) in [6.07, 6.45) is 5.33. The zero-order valence-corrected chi connectivity index (χ0v) is 12.8. The van der Waals surface area contributed by atoms with E-state index in [4.69, 9.17) is 10.5 Å². The van der Waals surface area contributed by atoms with Gasteiger partial charge in [0.15, 0.2) is 0 Å². The van der Waals surface area contributed by atoms with Gasteiger partial charge >= 0.3 is 5.97 Å². The lowest BCUT2D eigenvalue weighted by atomic mass is 9.80. The molecular weight excluding hydrogens is 242 g/mol. The van der Waals surface area contributed by atoms with Crippen molar-refractivity contribution in [2.75, 3.05) is 13.7 Å². The SMILES string of the molecule is COC(=O)C(C)(N)CCCOC1CCC(C)C(C)C1. The fourth-order valence-electron chi connectivity index (χ4n) is 2.67. The van der Waals surface area contributed by atoms with Crippen LogP contribution in [0, 0.1) is 11.8 Å². The first-order chi connectivity index (χ1) is 8.86. The van der Waals surface area contributed by atoms with Gasteiger partial charge in [-0.05, 0) is 50.9 Å². The Hall–Kier alpha value is -0.610. The van der Waals surface area contributed by atoms with Gasteiger partial charge in [0.05, 0.1) is 13.2 Å². The molecule has 19 heavy (non-hydrogen) atoms. The molecule has 1 rings (SSSR count). The van der Waals surface area contributed by atoms with Crippen molar-refractivity contribution in [1.29, 1.82) is 0 Å². The van der Waals surface area contributed by atoms with Gasteiger partial charge in [-0.15, -0.1) is 0 Å². The molecule has 0 heterocycles. The summed E-state index contributed by atoms with van der Waals surface area (Å²) in [7, 11) is 1.37. The van der Waals surface area contributed by atoms with Crippen LogP contribution in [0.2, 0.25) is 0 Å². The van der Waals surface area contributed by atoms with Crippen LogP contribution in [-0.4, -0.2) is 31.3 Å². The number of carbonyl (C=O) groups is 1. The van der Waals surface area contributed by atoms with Gasteiger partial charge in [0, 0.05) is 6.61 Å². The summed E-state index contributed by atoms with van der Waals surface area (Å²) in [5, 5.41) is 0. The molecule has 112 valence electrons. The molecule has 4 heteroatoms. The van der Waals surface area contributed by atoms with Gasteiger partial charge in [-0.3, -0.25) is 4.79 Å². The third kappa shape index (κ3) is 5.11. The van der Waals surface area contributed by atoms with Crippen LogP contribution < -0.4 is 5.73 Å². The maximum atomic E-state index is 11.4. The molecule has 0 aromatic rings. The van der Waals surface area contributed by atoms with E-state index in [9.17, 15) is 4.79 Å². The van der Waals surface area contributed by atoms with Crippen LogP contribution in [-0.2, 0) is 14.3 Å². The number of carbonyl (C=O) groups excluding carboxylic acids is 1. The van der Waals surface area contributed by atoms with Crippen molar-refractivity contribution in [2.45, 2.75) is 64.5 Å². The highest BCUT2D eigenvalue weighted by Gasteiger charge is 2.29. The molecule has 0 spiro atoms. The molecule has 0 aromatic carbocycles. The number of esters is 1. The number of nitrogens with two attached hydrogens (primary N) is 1. The standard InChI is InChI=1S/C15H29NO3/c1-11-6-7-13(10-12(11)2)19-9-5-8-15(3,16)14(17)18-4/h11-13H,5-10,16H2,1-4H3. The van der Waals surface area contributed by atoms with E-state index in [1.165, 1.54) is 13.5 Å². The molecule has 1 aliphatic rings. The normalized spacial score (nSPS) is 30.7. The predicted octanol–water partition coefficient (Wildman–Crippen LogP) is 2.50. The minimum Gasteiger partial charge on any atom is -0.468 e. The van der Waals surface area contributed by atoms with Crippen LogP contribution in [0.15, 0.2) is 0 Å². The van der Waals surface area contributed by atoms with Crippen LogP contribution in [0.4, 0.5) is 0 Å². The monoisotopic (exact) mass is 271 g/mol. The zero-order valence-electron chi connectivity index (χ0n) is 12.8. The minimum atomic E-state index is -0.896. The second-order valence-corrected chi connectivity index (χ2v) is 6.27. The average Bonchev–Trinajstić information content (AvgIpc) is 2.37. The number of ether oxygens (including phenoxy) is 2. The van der Waals surface area contributed by atoms with Crippen LogP contribution in [0.3, 0.4) is 0 Å². The van der Waals surface area contributed by atoms with Crippen molar-refractivity contribution >= 4 is 5.97 Å². The molecule has 4 nitrogen and oxygen atoms in total. The largest absolute Gasteiger partial charge is 0.468 e. The third-order valence-corrected chi connectivity index (χ3v) is 4.40. The molecule has 0 amide bonds.